The zero-order valence-electron chi connectivity index (χ0n) is 17.9. The lowest BCUT2D eigenvalue weighted by Gasteiger charge is -2.11. The summed E-state index contributed by atoms with van der Waals surface area (Å²) in [4.78, 5) is 13.4. The summed E-state index contributed by atoms with van der Waals surface area (Å²) in [5, 5.41) is 0.576. The summed E-state index contributed by atoms with van der Waals surface area (Å²) >= 11 is 0. The highest BCUT2D eigenvalue weighted by atomic mass is 31.1. The summed E-state index contributed by atoms with van der Waals surface area (Å²) in [6, 6.07) is 29.6. The Bertz CT molecular complexity index is 1250. The fourth-order valence-corrected chi connectivity index (χ4v) is 5.65. The van der Waals surface area contributed by atoms with E-state index in [9.17, 15) is 9.36 Å². The van der Waals surface area contributed by atoms with Gasteiger partial charge < -0.3 is 0 Å². The molecule has 0 N–H and O–H groups in total. The molecule has 0 bridgehead atoms. The van der Waals surface area contributed by atoms with Crippen molar-refractivity contribution in [1.82, 2.24) is 0 Å². The van der Waals surface area contributed by atoms with Crippen LogP contribution in [0.15, 0.2) is 91.0 Å². The third kappa shape index (κ3) is 4.13. The van der Waals surface area contributed by atoms with Gasteiger partial charge in [-0.2, -0.15) is 0 Å². The van der Waals surface area contributed by atoms with Gasteiger partial charge in [-0.3, -0.25) is 0 Å². The lowest BCUT2D eigenvalue weighted by Crippen LogP contribution is -2.11. The van der Waals surface area contributed by atoms with Gasteiger partial charge in [0.2, 0.25) is 5.30 Å². The van der Waals surface area contributed by atoms with Gasteiger partial charge in [-0.25, -0.2) is 4.79 Å². The van der Waals surface area contributed by atoms with Crippen molar-refractivity contribution in [3.05, 3.63) is 113 Å². The van der Waals surface area contributed by atoms with E-state index in [2.05, 4.69) is 0 Å². The first-order chi connectivity index (χ1) is 15.0. The average molecular weight is 423 g/mol. The maximum atomic E-state index is 13.7. The first-order valence-electron chi connectivity index (χ1n) is 10.3. The SMILES string of the molecule is Cc1cc(C)c(C(=O)[P+](=O)c2cccc(-c3ccccc3)c2-c2ccccc2)c(C)c1. The highest BCUT2D eigenvalue weighted by Gasteiger charge is 2.38. The molecule has 0 aromatic heterocycles. The van der Waals surface area contributed by atoms with Crippen LogP contribution in [0.25, 0.3) is 22.3 Å². The molecule has 0 radical (unpaired) electrons. The second-order valence-corrected chi connectivity index (χ2v) is 9.28. The molecule has 4 rings (SSSR count). The molecule has 0 saturated heterocycles. The van der Waals surface area contributed by atoms with Crippen LogP contribution in [0.2, 0.25) is 0 Å². The van der Waals surface area contributed by atoms with Crippen LogP contribution in [0.1, 0.15) is 27.0 Å². The summed E-state index contributed by atoms with van der Waals surface area (Å²) in [6.45, 7) is 5.83. The fraction of sp³-hybridized carbons (Fsp3) is 0.107. The van der Waals surface area contributed by atoms with Crippen LogP contribution in [-0.4, -0.2) is 5.52 Å². The fourth-order valence-electron chi connectivity index (χ4n) is 4.20. The number of hydrogen-bond donors (Lipinski definition) is 0. The van der Waals surface area contributed by atoms with E-state index < -0.39 is 7.80 Å². The topological polar surface area (TPSA) is 34.1 Å². The zero-order chi connectivity index (χ0) is 22.0. The normalized spacial score (nSPS) is 11.3. The summed E-state index contributed by atoms with van der Waals surface area (Å²) in [7, 11) is -2.30. The predicted molar refractivity (Wildman–Crippen MR) is 130 cm³/mol. The lowest BCUT2D eigenvalue weighted by atomic mass is 9.94. The molecule has 4 aromatic carbocycles. The average Bonchev–Trinajstić information content (AvgIpc) is 2.78. The Labute approximate surface area is 184 Å². The van der Waals surface area contributed by atoms with E-state index in [-0.39, 0.29) is 5.52 Å². The Kier molecular flexibility index (Phi) is 5.93. The van der Waals surface area contributed by atoms with Crippen molar-refractivity contribution in [3.63, 3.8) is 0 Å². The Balaban J connectivity index is 1.91. The van der Waals surface area contributed by atoms with Crippen molar-refractivity contribution in [2.24, 2.45) is 0 Å². The van der Waals surface area contributed by atoms with Crippen LogP contribution < -0.4 is 5.30 Å². The molecule has 152 valence electrons. The highest BCUT2D eigenvalue weighted by molar-refractivity contribution is 7.71. The van der Waals surface area contributed by atoms with E-state index in [1.165, 1.54) is 0 Å². The Hall–Kier alpha value is -3.35. The van der Waals surface area contributed by atoms with Gasteiger partial charge in [-0.15, -0.1) is 0 Å². The molecule has 0 aliphatic heterocycles. The van der Waals surface area contributed by atoms with Crippen LogP contribution >= 0.6 is 7.80 Å². The first kappa shape index (κ1) is 20.9. The van der Waals surface area contributed by atoms with E-state index in [1.54, 1.807) is 0 Å². The number of carbonyl (C=O) groups excluding carboxylic acids is 1. The minimum atomic E-state index is -2.30. The molecule has 0 aliphatic rings. The molecule has 31 heavy (non-hydrogen) atoms. The number of hydrogen-bond acceptors (Lipinski definition) is 2. The summed E-state index contributed by atoms with van der Waals surface area (Å²) < 4.78 is 13.7. The van der Waals surface area contributed by atoms with E-state index in [1.807, 2.05) is 112 Å². The van der Waals surface area contributed by atoms with Crippen molar-refractivity contribution in [2.75, 3.05) is 0 Å². The zero-order valence-corrected chi connectivity index (χ0v) is 18.8. The van der Waals surface area contributed by atoms with Crippen molar-refractivity contribution in [3.8, 4) is 22.3 Å². The Morgan fingerprint density at radius 3 is 1.81 bits per heavy atom. The third-order valence-electron chi connectivity index (χ3n) is 5.48. The molecule has 2 nitrogen and oxygen atoms in total. The van der Waals surface area contributed by atoms with Gasteiger partial charge in [0.1, 0.15) is 0 Å². The van der Waals surface area contributed by atoms with Gasteiger partial charge in [0.15, 0.2) is 0 Å². The molecule has 0 amide bonds. The van der Waals surface area contributed by atoms with Crippen molar-refractivity contribution in [2.45, 2.75) is 20.8 Å². The monoisotopic (exact) mass is 423 g/mol. The summed E-state index contributed by atoms with van der Waals surface area (Å²) in [5.41, 5.74) is 6.88. The first-order valence-corrected chi connectivity index (χ1v) is 11.6. The molecule has 0 fully saturated rings. The molecule has 0 heterocycles. The minimum Gasteiger partial charge on any atom is -0.234 e. The van der Waals surface area contributed by atoms with E-state index in [0.717, 1.165) is 38.9 Å². The maximum Gasteiger partial charge on any atom is 0.459 e. The summed E-state index contributed by atoms with van der Waals surface area (Å²) in [6.07, 6.45) is 0. The molecule has 0 spiro atoms. The smallest absolute Gasteiger partial charge is 0.234 e. The number of rotatable bonds is 5. The van der Waals surface area contributed by atoms with Gasteiger partial charge in [-0.1, -0.05) is 95.1 Å². The van der Waals surface area contributed by atoms with Crippen LogP contribution in [0, 0.1) is 20.8 Å². The number of aryl methyl sites for hydroxylation is 3. The van der Waals surface area contributed by atoms with Crippen molar-refractivity contribution < 1.29 is 9.36 Å². The molecular weight excluding hydrogens is 399 g/mol. The highest BCUT2D eigenvalue weighted by Crippen LogP contribution is 2.38. The molecule has 1 atom stereocenters. The molecule has 0 aliphatic carbocycles. The molecule has 0 saturated carbocycles. The van der Waals surface area contributed by atoms with Gasteiger partial charge in [-0.05, 0) is 54.7 Å². The largest absolute Gasteiger partial charge is 0.459 e. The van der Waals surface area contributed by atoms with E-state index >= 15 is 0 Å². The molecular formula is C28H24O2P+. The van der Waals surface area contributed by atoms with Gasteiger partial charge >= 0.3 is 13.3 Å². The number of benzene rings is 4. The maximum absolute atomic E-state index is 13.7. The quantitative estimate of drug-likeness (QED) is 0.317. The van der Waals surface area contributed by atoms with E-state index in [4.69, 9.17) is 0 Å². The lowest BCUT2D eigenvalue weighted by molar-refractivity contribution is 0.107. The van der Waals surface area contributed by atoms with Crippen LogP contribution in [0.4, 0.5) is 0 Å². The van der Waals surface area contributed by atoms with Gasteiger partial charge in [0.25, 0.3) is 0 Å². The minimum absolute atomic E-state index is 0.313. The second kappa shape index (κ2) is 8.79. The third-order valence-corrected chi connectivity index (χ3v) is 6.89. The van der Waals surface area contributed by atoms with Crippen LogP contribution in [0.3, 0.4) is 0 Å². The number of carbonyl (C=O) groups is 1. The Morgan fingerprint density at radius 1 is 0.677 bits per heavy atom. The van der Waals surface area contributed by atoms with E-state index in [0.29, 0.717) is 10.9 Å². The predicted octanol–water partition coefficient (Wildman–Crippen LogP) is 7.24. The summed E-state index contributed by atoms with van der Waals surface area (Å²) in [5.74, 6) is 0. The van der Waals surface area contributed by atoms with Crippen molar-refractivity contribution >= 4 is 18.6 Å². The Morgan fingerprint density at radius 2 is 1.23 bits per heavy atom. The molecule has 3 heteroatoms. The van der Waals surface area contributed by atoms with Crippen LogP contribution in [-0.2, 0) is 4.57 Å². The second-order valence-electron chi connectivity index (χ2n) is 7.80. The molecule has 1 unspecified atom stereocenters. The van der Waals surface area contributed by atoms with Gasteiger partial charge in [0, 0.05) is 5.56 Å². The van der Waals surface area contributed by atoms with Crippen molar-refractivity contribution in [1.29, 1.82) is 0 Å². The van der Waals surface area contributed by atoms with Crippen LogP contribution in [0.5, 0.6) is 0 Å². The molecule has 4 aromatic rings. The standard InChI is InChI=1S/C28H24O2P/c1-19-17-20(2)26(21(3)18-19)28(29)31(30)25-16-10-15-24(22-11-6-4-7-12-22)27(25)23-13-8-5-9-14-23/h4-18H,1-3H3/q+1. The van der Waals surface area contributed by atoms with Gasteiger partial charge in [0.05, 0.1) is 5.56 Å².